The molecule has 1 saturated heterocycles. The maximum atomic E-state index is 12.4. The summed E-state index contributed by atoms with van der Waals surface area (Å²) in [7, 11) is 0. The van der Waals surface area contributed by atoms with Gasteiger partial charge in [-0.1, -0.05) is 30.3 Å². The Morgan fingerprint density at radius 3 is 2.30 bits per heavy atom. The molecule has 0 saturated carbocycles. The second kappa shape index (κ2) is 8.03. The summed E-state index contributed by atoms with van der Waals surface area (Å²) in [4.78, 5) is 12.4. The molecule has 0 amide bonds. The third kappa shape index (κ3) is 3.95. The second-order valence-electron chi connectivity index (χ2n) is 6.19. The minimum Gasteiger partial charge on any atom is -0.504 e. The zero-order chi connectivity index (χ0) is 19.6. The summed E-state index contributed by atoms with van der Waals surface area (Å²) in [5.41, 5.74) is 0.694. The molecule has 1 heterocycles. The maximum absolute atomic E-state index is 12.4. The van der Waals surface area contributed by atoms with Crippen LogP contribution in [-0.2, 0) is 4.74 Å². The van der Waals surface area contributed by atoms with Crippen molar-refractivity contribution in [2.75, 3.05) is 6.61 Å². The zero-order valence-corrected chi connectivity index (χ0v) is 14.2. The zero-order valence-electron chi connectivity index (χ0n) is 14.2. The lowest BCUT2D eigenvalue weighted by Gasteiger charge is -2.39. The minimum absolute atomic E-state index is 0.0936. The van der Waals surface area contributed by atoms with Crippen LogP contribution in [0.15, 0.2) is 48.5 Å². The summed E-state index contributed by atoms with van der Waals surface area (Å²) < 4.78 is 10.6. The maximum Gasteiger partial charge on any atom is 0.229 e. The van der Waals surface area contributed by atoms with Crippen molar-refractivity contribution in [2.24, 2.45) is 0 Å². The third-order valence-corrected chi connectivity index (χ3v) is 4.35. The molecular weight excluding hydrogens is 356 g/mol. The number of aliphatic hydroxyl groups is 4. The topological polar surface area (TPSA) is 137 Å². The monoisotopic (exact) mass is 376 g/mol. The number of hydrogen-bond acceptors (Lipinski definition) is 8. The SMILES string of the molecule is O=C(c1ccccc1)c1ccc(O[C@H]2O[C@H](CO)[C@@H](O)[C@H](O)[C@H]2O)c(O)c1. The molecule has 3 rings (SSSR count). The van der Waals surface area contributed by atoms with Gasteiger partial charge < -0.3 is 35.0 Å². The summed E-state index contributed by atoms with van der Waals surface area (Å²) in [6, 6.07) is 12.5. The average molecular weight is 376 g/mol. The quantitative estimate of drug-likeness (QED) is 0.453. The Bertz CT molecular complexity index is 792. The van der Waals surface area contributed by atoms with Crippen LogP contribution in [0.25, 0.3) is 0 Å². The van der Waals surface area contributed by atoms with Gasteiger partial charge in [0, 0.05) is 11.1 Å². The molecule has 0 radical (unpaired) electrons. The van der Waals surface area contributed by atoms with Gasteiger partial charge in [0.05, 0.1) is 6.61 Å². The normalized spacial score (nSPS) is 27.9. The molecule has 2 aromatic rings. The van der Waals surface area contributed by atoms with Gasteiger partial charge in [0.25, 0.3) is 0 Å². The second-order valence-corrected chi connectivity index (χ2v) is 6.19. The fourth-order valence-corrected chi connectivity index (χ4v) is 2.80. The predicted molar refractivity (Wildman–Crippen MR) is 92.4 cm³/mol. The van der Waals surface area contributed by atoms with Crippen LogP contribution in [0.5, 0.6) is 11.5 Å². The lowest BCUT2D eigenvalue weighted by Crippen LogP contribution is -2.60. The first-order valence-corrected chi connectivity index (χ1v) is 8.32. The number of phenolic OH excluding ortho intramolecular Hbond substituents is 1. The van der Waals surface area contributed by atoms with E-state index in [0.717, 1.165) is 0 Å². The number of aromatic hydroxyl groups is 1. The highest BCUT2D eigenvalue weighted by atomic mass is 16.7. The van der Waals surface area contributed by atoms with Gasteiger partial charge in [-0.2, -0.15) is 0 Å². The lowest BCUT2D eigenvalue weighted by molar-refractivity contribution is -0.277. The van der Waals surface area contributed by atoms with Crippen molar-refractivity contribution in [3.8, 4) is 11.5 Å². The van der Waals surface area contributed by atoms with Crippen molar-refractivity contribution in [1.29, 1.82) is 0 Å². The van der Waals surface area contributed by atoms with Crippen LogP contribution in [0.2, 0.25) is 0 Å². The highest BCUT2D eigenvalue weighted by molar-refractivity contribution is 6.09. The number of aliphatic hydroxyl groups excluding tert-OH is 4. The summed E-state index contributed by atoms with van der Waals surface area (Å²) in [6.07, 6.45) is -7.27. The Morgan fingerprint density at radius 2 is 1.67 bits per heavy atom. The largest absolute Gasteiger partial charge is 0.504 e. The molecule has 0 unspecified atom stereocenters. The molecule has 0 aromatic heterocycles. The summed E-state index contributed by atoms with van der Waals surface area (Å²) in [5.74, 6) is -0.747. The number of benzene rings is 2. The first kappa shape index (κ1) is 19.3. The molecule has 0 spiro atoms. The van der Waals surface area contributed by atoms with E-state index >= 15 is 0 Å². The van der Waals surface area contributed by atoms with Gasteiger partial charge in [-0.25, -0.2) is 0 Å². The number of ketones is 1. The molecular formula is C19H20O8. The minimum atomic E-state index is -1.60. The standard InChI is InChI=1S/C19H20O8/c20-9-14-16(23)17(24)18(25)19(27-14)26-13-7-6-11(8-12(13)21)15(22)10-4-2-1-3-5-10/h1-8,14,16-21,23-25H,9H2/t14-,16-,17+,18-,19+/m1/s1. The van der Waals surface area contributed by atoms with Crippen LogP contribution >= 0.6 is 0 Å². The van der Waals surface area contributed by atoms with Gasteiger partial charge in [0.2, 0.25) is 6.29 Å². The van der Waals surface area contributed by atoms with E-state index in [1.54, 1.807) is 30.3 Å². The van der Waals surface area contributed by atoms with Crippen molar-refractivity contribution in [1.82, 2.24) is 0 Å². The molecule has 5 atom stereocenters. The highest BCUT2D eigenvalue weighted by Gasteiger charge is 2.44. The molecule has 1 aliphatic rings. The van der Waals surface area contributed by atoms with E-state index in [1.807, 2.05) is 0 Å². The van der Waals surface area contributed by atoms with Gasteiger partial charge in [0.15, 0.2) is 17.3 Å². The molecule has 5 N–H and O–H groups in total. The predicted octanol–water partition coefficient (Wildman–Crippen LogP) is -0.198. The number of ether oxygens (including phenoxy) is 2. The van der Waals surface area contributed by atoms with E-state index in [4.69, 9.17) is 9.47 Å². The number of carbonyl (C=O) groups excluding carboxylic acids is 1. The molecule has 0 aliphatic carbocycles. The summed E-state index contributed by atoms with van der Waals surface area (Å²) in [6.45, 7) is -0.596. The fraction of sp³-hybridized carbons (Fsp3) is 0.316. The number of carbonyl (C=O) groups is 1. The van der Waals surface area contributed by atoms with Crippen molar-refractivity contribution in [3.63, 3.8) is 0 Å². The first-order valence-electron chi connectivity index (χ1n) is 8.32. The fourth-order valence-electron chi connectivity index (χ4n) is 2.80. The Labute approximate surface area is 154 Å². The molecule has 1 aliphatic heterocycles. The van der Waals surface area contributed by atoms with Crippen LogP contribution in [0.4, 0.5) is 0 Å². The van der Waals surface area contributed by atoms with E-state index in [0.29, 0.717) is 5.56 Å². The van der Waals surface area contributed by atoms with Crippen molar-refractivity contribution in [2.45, 2.75) is 30.7 Å². The number of hydrogen-bond donors (Lipinski definition) is 5. The van der Waals surface area contributed by atoms with Crippen molar-refractivity contribution >= 4 is 5.78 Å². The molecule has 27 heavy (non-hydrogen) atoms. The lowest BCUT2D eigenvalue weighted by atomic mass is 9.99. The Kier molecular flexibility index (Phi) is 5.73. The highest BCUT2D eigenvalue weighted by Crippen LogP contribution is 2.31. The van der Waals surface area contributed by atoms with Crippen molar-refractivity contribution in [3.05, 3.63) is 59.7 Å². The van der Waals surface area contributed by atoms with Gasteiger partial charge in [0.1, 0.15) is 24.4 Å². The van der Waals surface area contributed by atoms with Crippen molar-refractivity contribution < 1.29 is 39.8 Å². The molecule has 2 aromatic carbocycles. The molecule has 144 valence electrons. The summed E-state index contributed by atoms with van der Waals surface area (Å²) >= 11 is 0. The Balaban J connectivity index is 1.77. The van der Waals surface area contributed by atoms with Crippen LogP contribution in [0.1, 0.15) is 15.9 Å². The van der Waals surface area contributed by atoms with E-state index in [2.05, 4.69) is 0 Å². The number of rotatable bonds is 5. The Hall–Kier alpha value is -2.49. The summed E-state index contributed by atoms with van der Waals surface area (Å²) in [5, 5.41) is 48.9. The van der Waals surface area contributed by atoms with Gasteiger partial charge in [-0.15, -0.1) is 0 Å². The van der Waals surface area contributed by atoms with E-state index in [-0.39, 0.29) is 22.8 Å². The Morgan fingerprint density at radius 1 is 0.963 bits per heavy atom. The van der Waals surface area contributed by atoms with Gasteiger partial charge in [-0.05, 0) is 18.2 Å². The van der Waals surface area contributed by atoms with Crippen LogP contribution in [0.3, 0.4) is 0 Å². The van der Waals surface area contributed by atoms with Gasteiger partial charge >= 0.3 is 0 Å². The van der Waals surface area contributed by atoms with Crippen LogP contribution in [-0.4, -0.2) is 68.6 Å². The van der Waals surface area contributed by atoms with Crippen LogP contribution in [0, 0.1) is 0 Å². The van der Waals surface area contributed by atoms with Gasteiger partial charge in [-0.3, -0.25) is 4.79 Å². The van der Waals surface area contributed by atoms with E-state index in [1.165, 1.54) is 18.2 Å². The third-order valence-electron chi connectivity index (χ3n) is 4.35. The molecule has 8 heteroatoms. The first-order chi connectivity index (χ1) is 12.9. The molecule has 8 nitrogen and oxygen atoms in total. The molecule has 1 fully saturated rings. The van der Waals surface area contributed by atoms with E-state index < -0.39 is 37.3 Å². The number of phenols is 1. The average Bonchev–Trinajstić information content (AvgIpc) is 2.69. The van der Waals surface area contributed by atoms with Crippen LogP contribution < -0.4 is 4.74 Å². The van der Waals surface area contributed by atoms with E-state index in [9.17, 15) is 30.3 Å². The molecule has 0 bridgehead atoms. The smallest absolute Gasteiger partial charge is 0.229 e.